The Morgan fingerprint density at radius 3 is 2.70 bits per heavy atom. The fourth-order valence-electron chi connectivity index (χ4n) is 4.47. The van der Waals surface area contributed by atoms with Gasteiger partial charge < -0.3 is 9.64 Å². The van der Waals surface area contributed by atoms with E-state index in [1.165, 1.54) is 12.1 Å². The molecule has 0 amide bonds. The molecule has 0 bridgehead atoms. The highest BCUT2D eigenvalue weighted by Crippen LogP contribution is 2.38. The number of thiazole rings is 1. The zero-order chi connectivity index (χ0) is 22.5. The van der Waals surface area contributed by atoms with Gasteiger partial charge in [-0.1, -0.05) is 11.6 Å². The van der Waals surface area contributed by atoms with Crippen LogP contribution in [0.15, 0.2) is 48.1 Å². The second-order valence-electron chi connectivity index (χ2n) is 7.88. The largest absolute Gasteiger partial charge is 0.378 e. The standard InChI is InChI=1S/C24H19ClFN5OS/c1-14-29-22-16(24-28-6-11-33-24)12-15(30-7-9-32-10-8-30)13-20(22)31(14)19-4-5-27-23-17(25)2-3-18(26)21(19)23/h2-6,11-13H,7-10H2,1H3. The van der Waals surface area contributed by atoms with Gasteiger partial charge in [-0.25, -0.2) is 14.4 Å². The number of ether oxygens (including phenoxy) is 1. The van der Waals surface area contributed by atoms with E-state index < -0.39 is 0 Å². The van der Waals surface area contributed by atoms with Crippen LogP contribution in [0.25, 0.3) is 38.2 Å². The summed E-state index contributed by atoms with van der Waals surface area (Å²) >= 11 is 7.93. The zero-order valence-corrected chi connectivity index (χ0v) is 19.3. The SMILES string of the molecule is Cc1nc2c(-c3nccs3)cc(N3CCOCC3)cc2n1-c1ccnc2c(Cl)ccc(F)c12. The van der Waals surface area contributed by atoms with Crippen LogP contribution in [0, 0.1) is 12.7 Å². The number of aryl methyl sites for hydroxylation is 1. The van der Waals surface area contributed by atoms with E-state index in [4.69, 9.17) is 21.3 Å². The summed E-state index contributed by atoms with van der Waals surface area (Å²) in [6, 6.07) is 8.98. The molecule has 0 radical (unpaired) electrons. The second kappa shape index (κ2) is 8.06. The first kappa shape index (κ1) is 20.5. The average Bonchev–Trinajstić information content (AvgIpc) is 3.49. The summed E-state index contributed by atoms with van der Waals surface area (Å²) in [5.41, 5.74) is 4.82. The summed E-state index contributed by atoms with van der Waals surface area (Å²) in [6.07, 6.45) is 3.45. The molecule has 6 nitrogen and oxygen atoms in total. The highest BCUT2D eigenvalue weighted by Gasteiger charge is 2.22. The van der Waals surface area contributed by atoms with Gasteiger partial charge in [0.2, 0.25) is 0 Å². The number of benzene rings is 2. The van der Waals surface area contributed by atoms with Crippen molar-refractivity contribution in [1.82, 2.24) is 19.5 Å². The fourth-order valence-corrected chi connectivity index (χ4v) is 5.33. The number of anilines is 1. The summed E-state index contributed by atoms with van der Waals surface area (Å²) in [5, 5.41) is 3.64. The molecule has 1 fully saturated rings. The van der Waals surface area contributed by atoms with Crippen LogP contribution in [0.2, 0.25) is 5.02 Å². The first-order valence-electron chi connectivity index (χ1n) is 10.6. The van der Waals surface area contributed by atoms with Crippen LogP contribution in [0.4, 0.5) is 10.1 Å². The lowest BCUT2D eigenvalue weighted by Crippen LogP contribution is -2.36. The van der Waals surface area contributed by atoms with Gasteiger partial charge in [0.1, 0.15) is 16.6 Å². The summed E-state index contributed by atoms with van der Waals surface area (Å²) in [4.78, 5) is 16.1. The Hall–Kier alpha value is -3.07. The number of nitrogens with zero attached hydrogens (tertiary/aromatic N) is 5. The van der Waals surface area contributed by atoms with Crippen molar-refractivity contribution in [3.05, 3.63) is 64.8 Å². The van der Waals surface area contributed by atoms with Crippen LogP contribution in [0.3, 0.4) is 0 Å². The third kappa shape index (κ3) is 3.37. The Balaban J connectivity index is 1.68. The number of aromatic nitrogens is 4. The summed E-state index contributed by atoms with van der Waals surface area (Å²) in [6.45, 7) is 4.90. The van der Waals surface area contributed by atoms with E-state index >= 15 is 4.39 Å². The predicted octanol–water partition coefficient (Wildman–Crippen LogP) is 5.63. The van der Waals surface area contributed by atoms with E-state index in [1.54, 1.807) is 29.8 Å². The van der Waals surface area contributed by atoms with Gasteiger partial charge in [-0.05, 0) is 37.3 Å². The lowest BCUT2D eigenvalue weighted by Gasteiger charge is -2.29. The van der Waals surface area contributed by atoms with Gasteiger partial charge in [0, 0.05) is 42.1 Å². The predicted molar refractivity (Wildman–Crippen MR) is 130 cm³/mol. The summed E-state index contributed by atoms with van der Waals surface area (Å²) in [5.74, 6) is 0.372. The van der Waals surface area contributed by atoms with Crippen molar-refractivity contribution >= 4 is 50.6 Å². The average molecular weight is 480 g/mol. The van der Waals surface area contributed by atoms with Crippen molar-refractivity contribution in [3.8, 4) is 16.3 Å². The molecule has 9 heteroatoms. The van der Waals surface area contributed by atoms with E-state index in [9.17, 15) is 0 Å². The molecule has 1 saturated heterocycles. The maximum Gasteiger partial charge on any atom is 0.134 e. The Morgan fingerprint density at radius 2 is 1.91 bits per heavy atom. The van der Waals surface area contributed by atoms with Crippen LogP contribution in [-0.4, -0.2) is 45.8 Å². The van der Waals surface area contributed by atoms with Gasteiger partial charge in [-0.15, -0.1) is 11.3 Å². The molecule has 5 aromatic rings. The van der Waals surface area contributed by atoms with Crippen molar-refractivity contribution < 1.29 is 9.13 Å². The maximum atomic E-state index is 15.1. The Morgan fingerprint density at radius 1 is 1.06 bits per heavy atom. The van der Waals surface area contributed by atoms with Gasteiger partial charge in [-0.2, -0.15) is 0 Å². The van der Waals surface area contributed by atoms with Crippen molar-refractivity contribution in [2.75, 3.05) is 31.2 Å². The molecule has 1 aliphatic heterocycles. The van der Waals surface area contributed by atoms with Crippen LogP contribution < -0.4 is 4.90 Å². The van der Waals surface area contributed by atoms with Crippen molar-refractivity contribution in [2.24, 2.45) is 0 Å². The van der Waals surface area contributed by atoms with Crippen LogP contribution in [0.1, 0.15) is 5.82 Å². The molecule has 0 atom stereocenters. The Labute approximate surface area is 198 Å². The third-order valence-corrected chi connectivity index (χ3v) is 7.07. The molecule has 1 aliphatic rings. The van der Waals surface area contributed by atoms with E-state index in [2.05, 4.69) is 27.0 Å². The molecule has 33 heavy (non-hydrogen) atoms. The van der Waals surface area contributed by atoms with Gasteiger partial charge in [0.25, 0.3) is 0 Å². The first-order chi connectivity index (χ1) is 16.1. The number of pyridine rings is 1. The summed E-state index contributed by atoms with van der Waals surface area (Å²) in [7, 11) is 0. The number of morpholine rings is 1. The number of imidazole rings is 1. The van der Waals surface area contributed by atoms with E-state index in [1.807, 2.05) is 16.9 Å². The monoisotopic (exact) mass is 479 g/mol. The number of rotatable bonds is 3. The molecule has 0 unspecified atom stereocenters. The van der Waals surface area contributed by atoms with Crippen molar-refractivity contribution in [3.63, 3.8) is 0 Å². The van der Waals surface area contributed by atoms with E-state index in [0.717, 1.165) is 46.2 Å². The molecule has 3 aromatic heterocycles. The van der Waals surface area contributed by atoms with E-state index in [0.29, 0.717) is 34.8 Å². The van der Waals surface area contributed by atoms with Gasteiger partial charge >= 0.3 is 0 Å². The van der Waals surface area contributed by atoms with Gasteiger partial charge in [0.15, 0.2) is 0 Å². The molecule has 6 rings (SSSR count). The number of halogens is 2. The maximum absolute atomic E-state index is 15.1. The molecule has 0 saturated carbocycles. The van der Waals surface area contributed by atoms with Crippen molar-refractivity contribution in [2.45, 2.75) is 6.92 Å². The van der Waals surface area contributed by atoms with Gasteiger partial charge in [-0.3, -0.25) is 9.55 Å². The van der Waals surface area contributed by atoms with Crippen molar-refractivity contribution in [1.29, 1.82) is 0 Å². The zero-order valence-electron chi connectivity index (χ0n) is 17.8. The molecule has 0 spiro atoms. The quantitative estimate of drug-likeness (QED) is 0.335. The van der Waals surface area contributed by atoms with E-state index in [-0.39, 0.29) is 5.82 Å². The molecule has 4 heterocycles. The minimum atomic E-state index is -0.372. The second-order valence-corrected chi connectivity index (χ2v) is 9.18. The topological polar surface area (TPSA) is 56.1 Å². The molecule has 166 valence electrons. The van der Waals surface area contributed by atoms with Crippen LogP contribution in [-0.2, 0) is 4.74 Å². The lowest BCUT2D eigenvalue weighted by atomic mass is 10.1. The number of hydrogen-bond donors (Lipinski definition) is 0. The lowest BCUT2D eigenvalue weighted by molar-refractivity contribution is 0.122. The minimum Gasteiger partial charge on any atom is -0.378 e. The normalized spacial score (nSPS) is 14.5. The van der Waals surface area contributed by atoms with Gasteiger partial charge in [0.05, 0.1) is 45.9 Å². The molecular formula is C24H19ClFN5OS. The highest BCUT2D eigenvalue weighted by atomic mass is 35.5. The first-order valence-corrected chi connectivity index (χ1v) is 11.9. The molecule has 2 aromatic carbocycles. The van der Waals surface area contributed by atoms with Crippen LogP contribution >= 0.6 is 22.9 Å². The minimum absolute atomic E-state index is 0.372. The third-order valence-electron chi connectivity index (χ3n) is 5.96. The molecule has 0 aliphatic carbocycles. The number of fused-ring (bicyclic) bond motifs is 2. The molecule has 0 N–H and O–H groups in total. The Kier molecular flexibility index (Phi) is 5.01. The highest BCUT2D eigenvalue weighted by molar-refractivity contribution is 7.13. The molecular weight excluding hydrogens is 461 g/mol. The Bertz CT molecular complexity index is 1490. The van der Waals surface area contributed by atoms with Crippen LogP contribution in [0.5, 0.6) is 0 Å². The smallest absolute Gasteiger partial charge is 0.134 e. The fraction of sp³-hybridized carbons (Fsp3) is 0.208. The number of hydrogen-bond acceptors (Lipinski definition) is 6. The summed E-state index contributed by atoms with van der Waals surface area (Å²) < 4.78 is 22.6.